The molecule has 0 aliphatic rings. The number of fused-ring (bicyclic) bond motifs is 1. The zero-order valence-electron chi connectivity index (χ0n) is 16.6. The molecule has 0 aliphatic carbocycles. The van der Waals surface area contributed by atoms with E-state index in [4.69, 9.17) is 0 Å². The highest BCUT2D eigenvalue weighted by molar-refractivity contribution is 7.92. The summed E-state index contributed by atoms with van der Waals surface area (Å²) in [5.74, 6) is -1.57. The molecule has 8 nitrogen and oxygen atoms in total. The molecule has 0 bridgehead atoms. The van der Waals surface area contributed by atoms with Gasteiger partial charge < -0.3 is 10.4 Å². The number of amides is 1. The number of sulfonamides is 1. The fourth-order valence-corrected chi connectivity index (χ4v) is 3.40. The van der Waals surface area contributed by atoms with E-state index >= 15 is 0 Å². The second kappa shape index (κ2) is 8.23. The van der Waals surface area contributed by atoms with Crippen LogP contribution in [0.4, 0.5) is 10.2 Å². The van der Waals surface area contributed by atoms with E-state index in [1.165, 1.54) is 18.3 Å². The highest BCUT2D eigenvalue weighted by Crippen LogP contribution is 2.32. The number of nitrogens with one attached hydrogen (secondary N) is 2. The number of rotatable bonds is 6. The van der Waals surface area contributed by atoms with Gasteiger partial charge in [0, 0.05) is 17.6 Å². The Kier molecular flexibility index (Phi) is 5.88. The van der Waals surface area contributed by atoms with Crippen molar-refractivity contribution in [2.24, 2.45) is 0 Å². The molecular formula is C20H21FN4O4S. The van der Waals surface area contributed by atoms with E-state index in [-0.39, 0.29) is 34.3 Å². The molecule has 0 saturated heterocycles. The molecule has 0 fully saturated rings. The Bertz CT molecular complexity index is 1210. The van der Waals surface area contributed by atoms with Gasteiger partial charge in [0.25, 0.3) is 5.91 Å². The number of aromatic hydroxyl groups is 1. The highest BCUT2D eigenvalue weighted by atomic mass is 32.2. The number of hydrogen-bond acceptors (Lipinski definition) is 6. The van der Waals surface area contributed by atoms with Crippen LogP contribution in [0.2, 0.25) is 0 Å². The topological polar surface area (TPSA) is 121 Å². The van der Waals surface area contributed by atoms with Gasteiger partial charge in [0.05, 0.1) is 6.26 Å². The summed E-state index contributed by atoms with van der Waals surface area (Å²) in [5.41, 5.74) is 1.21. The molecule has 0 atom stereocenters. The van der Waals surface area contributed by atoms with Crippen LogP contribution >= 0.6 is 0 Å². The number of halogens is 1. The molecular weight excluding hydrogens is 411 g/mol. The first kappa shape index (κ1) is 21.4. The van der Waals surface area contributed by atoms with Crippen LogP contribution in [0.25, 0.3) is 10.9 Å². The van der Waals surface area contributed by atoms with Crippen molar-refractivity contribution in [1.29, 1.82) is 0 Å². The Morgan fingerprint density at radius 2 is 1.87 bits per heavy atom. The summed E-state index contributed by atoms with van der Waals surface area (Å²) >= 11 is 0. The zero-order valence-corrected chi connectivity index (χ0v) is 17.4. The predicted octanol–water partition coefficient (Wildman–Crippen LogP) is 2.58. The predicted molar refractivity (Wildman–Crippen MR) is 111 cm³/mol. The molecule has 0 saturated carbocycles. The number of carbonyl (C=O) groups is 1. The molecule has 0 radical (unpaired) electrons. The van der Waals surface area contributed by atoms with Gasteiger partial charge in [-0.25, -0.2) is 17.8 Å². The summed E-state index contributed by atoms with van der Waals surface area (Å²) < 4.78 is 39.1. The highest BCUT2D eigenvalue weighted by Gasteiger charge is 2.22. The summed E-state index contributed by atoms with van der Waals surface area (Å²) in [6, 6.07) is 7.35. The van der Waals surface area contributed by atoms with Crippen LogP contribution in [0.3, 0.4) is 0 Å². The number of aromatic nitrogens is 2. The average molecular weight is 432 g/mol. The third-order valence-electron chi connectivity index (χ3n) is 4.11. The van der Waals surface area contributed by atoms with Crippen molar-refractivity contribution in [2.75, 3.05) is 11.0 Å². The van der Waals surface area contributed by atoms with Crippen LogP contribution in [-0.4, -0.2) is 41.7 Å². The first-order chi connectivity index (χ1) is 14.0. The van der Waals surface area contributed by atoms with Crippen LogP contribution in [0.5, 0.6) is 5.75 Å². The fraction of sp³-hybridized carbons (Fsp3) is 0.250. The van der Waals surface area contributed by atoms with E-state index in [0.717, 1.165) is 11.8 Å². The maximum atomic E-state index is 13.1. The Labute approximate surface area is 173 Å². The van der Waals surface area contributed by atoms with Crippen molar-refractivity contribution >= 4 is 32.7 Å². The molecule has 3 aromatic rings. The standard InChI is InChI=1S/C20H21FN4O4S/c1-11(2)23-20(27)17-18(26)16-15(19(24-17)25-30(3,28)29)9-13(10-22-16)8-12-4-6-14(21)7-5-12/h4-7,9-11,26H,8H2,1-3H3,(H,23,27)(H,24,25). The summed E-state index contributed by atoms with van der Waals surface area (Å²) in [6.45, 7) is 3.48. The van der Waals surface area contributed by atoms with Crippen LogP contribution in [0, 0.1) is 5.82 Å². The number of benzene rings is 1. The minimum absolute atomic E-state index is 0.0351. The first-order valence-corrected chi connectivity index (χ1v) is 11.0. The molecule has 1 amide bonds. The summed E-state index contributed by atoms with van der Waals surface area (Å²) in [6.07, 6.45) is 2.86. The number of anilines is 1. The van der Waals surface area contributed by atoms with E-state index in [9.17, 15) is 22.7 Å². The molecule has 158 valence electrons. The van der Waals surface area contributed by atoms with E-state index in [1.807, 2.05) is 0 Å². The lowest BCUT2D eigenvalue weighted by molar-refractivity contribution is 0.0935. The number of hydrogen-bond donors (Lipinski definition) is 3. The molecule has 2 aromatic heterocycles. The molecule has 0 spiro atoms. The minimum Gasteiger partial charge on any atom is -0.504 e. The van der Waals surface area contributed by atoms with Gasteiger partial charge in [-0.3, -0.25) is 14.5 Å². The van der Waals surface area contributed by atoms with Gasteiger partial charge in [0.1, 0.15) is 17.2 Å². The van der Waals surface area contributed by atoms with E-state index in [0.29, 0.717) is 12.0 Å². The second-order valence-electron chi connectivity index (χ2n) is 7.20. The van der Waals surface area contributed by atoms with Gasteiger partial charge in [0.2, 0.25) is 10.0 Å². The van der Waals surface area contributed by atoms with E-state index in [2.05, 4.69) is 20.0 Å². The van der Waals surface area contributed by atoms with Crippen molar-refractivity contribution in [3.05, 3.63) is 59.2 Å². The monoisotopic (exact) mass is 432 g/mol. The van der Waals surface area contributed by atoms with Crippen molar-refractivity contribution < 1.29 is 22.7 Å². The van der Waals surface area contributed by atoms with Crippen molar-refractivity contribution in [2.45, 2.75) is 26.3 Å². The lowest BCUT2D eigenvalue weighted by Gasteiger charge is -2.14. The molecule has 10 heteroatoms. The third-order valence-corrected chi connectivity index (χ3v) is 4.67. The normalized spacial score (nSPS) is 11.6. The quantitative estimate of drug-likeness (QED) is 0.550. The number of carbonyl (C=O) groups excluding carboxylic acids is 1. The maximum absolute atomic E-state index is 13.1. The molecule has 3 rings (SSSR count). The number of pyridine rings is 2. The lowest BCUT2D eigenvalue weighted by Crippen LogP contribution is -2.31. The van der Waals surface area contributed by atoms with Gasteiger partial charge in [-0.2, -0.15) is 0 Å². The second-order valence-corrected chi connectivity index (χ2v) is 8.95. The van der Waals surface area contributed by atoms with Gasteiger partial charge in [-0.05, 0) is 49.6 Å². The summed E-state index contributed by atoms with van der Waals surface area (Å²) in [5, 5.41) is 13.4. The van der Waals surface area contributed by atoms with Gasteiger partial charge in [-0.15, -0.1) is 0 Å². The van der Waals surface area contributed by atoms with Crippen LogP contribution in [0.15, 0.2) is 36.5 Å². The van der Waals surface area contributed by atoms with Crippen molar-refractivity contribution in [3.8, 4) is 5.75 Å². The lowest BCUT2D eigenvalue weighted by atomic mass is 10.0. The summed E-state index contributed by atoms with van der Waals surface area (Å²) in [4.78, 5) is 20.7. The average Bonchev–Trinajstić information content (AvgIpc) is 2.64. The van der Waals surface area contributed by atoms with Crippen LogP contribution < -0.4 is 10.0 Å². The van der Waals surface area contributed by atoms with Gasteiger partial charge in [-0.1, -0.05) is 12.1 Å². The largest absolute Gasteiger partial charge is 0.504 e. The molecule has 3 N–H and O–H groups in total. The van der Waals surface area contributed by atoms with Crippen molar-refractivity contribution in [3.63, 3.8) is 0 Å². The number of nitrogens with zero attached hydrogens (tertiary/aromatic N) is 2. The minimum atomic E-state index is -3.72. The Balaban J connectivity index is 2.13. The van der Waals surface area contributed by atoms with E-state index < -0.39 is 21.7 Å². The maximum Gasteiger partial charge on any atom is 0.274 e. The zero-order chi connectivity index (χ0) is 22.1. The Morgan fingerprint density at radius 3 is 2.47 bits per heavy atom. The molecule has 0 aliphatic heterocycles. The molecule has 0 unspecified atom stereocenters. The Morgan fingerprint density at radius 1 is 1.20 bits per heavy atom. The van der Waals surface area contributed by atoms with Crippen LogP contribution in [-0.2, 0) is 16.4 Å². The molecule has 1 aromatic carbocycles. The van der Waals surface area contributed by atoms with Gasteiger partial charge in [0.15, 0.2) is 11.4 Å². The molecule has 30 heavy (non-hydrogen) atoms. The van der Waals surface area contributed by atoms with Crippen molar-refractivity contribution in [1.82, 2.24) is 15.3 Å². The summed E-state index contributed by atoms with van der Waals surface area (Å²) in [7, 11) is -3.72. The SMILES string of the molecule is CC(C)NC(=O)c1nc(NS(C)(=O)=O)c2cc(Cc3ccc(F)cc3)cnc2c1O. The van der Waals surface area contributed by atoms with Gasteiger partial charge >= 0.3 is 0 Å². The Hall–Kier alpha value is -3.27. The first-order valence-electron chi connectivity index (χ1n) is 9.08. The van der Waals surface area contributed by atoms with Crippen LogP contribution in [0.1, 0.15) is 35.5 Å². The molecule has 2 heterocycles. The van der Waals surface area contributed by atoms with E-state index in [1.54, 1.807) is 32.0 Å². The fourth-order valence-electron chi connectivity index (χ4n) is 2.89. The third kappa shape index (κ3) is 5.01. The smallest absolute Gasteiger partial charge is 0.274 e.